The van der Waals surface area contributed by atoms with Crippen LogP contribution < -0.4 is 15.4 Å². The number of phenols is 1. The summed E-state index contributed by atoms with van der Waals surface area (Å²) in [5, 5.41) is 15.9. The second-order valence-corrected chi connectivity index (χ2v) is 4.47. The van der Waals surface area contributed by atoms with Crippen molar-refractivity contribution in [3.05, 3.63) is 48.5 Å². The van der Waals surface area contributed by atoms with E-state index in [0.29, 0.717) is 11.7 Å². The zero-order valence-corrected chi connectivity index (χ0v) is 11.9. The van der Waals surface area contributed by atoms with E-state index in [1.165, 1.54) is 0 Å². The Morgan fingerprint density at radius 1 is 1.15 bits per heavy atom. The Labute approximate surface area is 123 Å². The zero-order valence-electron chi connectivity index (χ0n) is 11.1. The summed E-state index contributed by atoms with van der Waals surface area (Å²) in [5.74, 6) is 0.933. The van der Waals surface area contributed by atoms with Gasteiger partial charge in [-0.15, -0.1) is 0 Å². The summed E-state index contributed by atoms with van der Waals surface area (Å²) in [6, 6.07) is 14.3. The van der Waals surface area contributed by atoms with Crippen molar-refractivity contribution in [2.75, 3.05) is 17.2 Å². The van der Waals surface area contributed by atoms with Crippen LogP contribution in [-0.2, 0) is 0 Å². The predicted octanol–water partition coefficient (Wildman–Crippen LogP) is 3.60. The third kappa shape index (κ3) is 3.86. The van der Waals surface area contributed by atoms with Gasteiger partial charge in [0.05, 0.1) is 12.3 Å². The molecule has 0 unspecified atom stereocenters. The molecule has 4 nitrogen and oxygen atoms in total. The van der Waals surface area contributed by atoms with Crippen LogP contribution in [0.1, 0.15) is 6.92 Å². The van der Waals surface area contributed by atoms with E-state index in [-0.39, 0.29) is 5.75 Å². The predicted molar refractivity (Wildman–Crippen MR) is 85.6 cm³/mol. The molecule has 2 aromatic carbocycles. The average molecular weight is 288 g/mol. The van der Waals surface area contributed by atoms with Crippen LogP contribution in [-0.4, -0.2) is 16.8 Å². The number of ether oxygens (including phenoxy) is 1. The van der Waals surface area contributed by atoms with E-state index in [1.54, 1.807) is 18.2 Å². The number of thiocarbonyl (C=S) groups is 1. The fourth-order valence-electron chi connectivity index (χ4n) is 1.72. The lowest BCUT2D eigenvalue weighted by Crippen LogP contribution is -2.19. The van der Waals surface area contributed by atoms with Gasteiger partial charge in [0.25, 0.3) is 0 Å². The Bertz CT molecular complexity index is 602. The maximum absolute atomic E-state index is 9.41. The minimum absolute atomic E-state index is 0.188. The second kappa shape index (κ2) is 6.77. The minimum atomic E-state index is 0.188. The maximum atomic E-state index is 9.41. The normalized spacial score (nSPS) is 9.85. The fraction of sp³-hybridized carbons (Fsp3) is 0.133. The highest BCUT2D eigenvalue weighted by molar-refractivity contribution is 7.80. The number of aromatic hydroxyl groups is 1. The van der Waals surface area contributed by atoms with Gasteiger partial charge in [0.2, 0.25) is 0 Å². The first-order valence-electron chi connectivity index (χ1n) is 6.28. The summed E-state index contributed by atoms with van der Waals surface area (Å²) in [7, 11) is 0. The Balaban J connectivity index is 2.05. The first-order valence-corrected chi connectivity index (χ1v) is 6.68. The van der Waals surface area contributed by atoms with Crippen molar-refractivity contribution in [2.24, 2.45) is 0 Å². The number of hydrogen-bond donors (Lipinski definition) is 3. The van der Waals surface area contributed by atoms with Crippen LogP contribution in [0.5, 0.6) is 11.5 Å². The quantitative estimate of drug-likeness (QED) is 0.751. The van der Waals surface area contributed by atoms with Crippen molar-refractivity contribution in [3.63, 3.8) is 0 Å². The molecule has 0 fully saturated rings. The number of hydrogen-bond acceptors (Lipinski definition) is 3. The van der Waals surface area contributed by atoms with Crippen molar-refractivity contribution in [1.29, 1.82) is 0 Å². The molecule has 0 saturated heterocycles. The van der Waals surface area contributed by atoms with Crippen molar-refractivity contribution < 1.29 is 9.84 Å². The van der Waals surface area contributed by atoms with E-state index in [1.807, 2.05) is 37.3 Å². The number of para-hydroxylation sites is 2. The Hall–Kier alpha value is -2.27. The first kappa shape index (κ1) is 14.1. The molecule has 0 atom stereocenters. The molecule has 20 heavy (non-hydrogen) atoms. The lowest BCUT2D eigenvalue weighted by atomic mass is 10.3. The monoisotopic (exact) mass is 288 g/mol. The van der Waals surface area contributed by atoms with E-state index in [9.17, 15) is 5.11 Å². The summed E-state index contributed by atoms with van der Waals surface area (Å²) in [6.07, 6.45) is 0. The van der Waals surface area contributed by atoms with Crippen LogP contribution >= 0.6 is 12.2 Å². The third-order valence-electron chi connectivity index (χ3n) is 2.54. The fourth-order valence-corrected chi connectivity index (χ4v) is 1.95. The molecule has 0 bridgehead atoms. The van der Waals surface area contributed by atoms with Gasteiger partial charge in [0.15, 0.2) is 5.11 Å². The van der Waals surface area contributed by atoms with E-state index in [2.05, 4.69) is 10.6 Å². The number of nitrogens with one attached hydrogen (secondary N) is 2. The molecule has 104 valence electrons. The molecule has 0 aliphatic heterocycles. The number of anilines is 2. The van der Waals surface area contributed by atoms with Crippen molar-refractivity contribution in [3.8, 4) is 11.5 Å². The van der Waals surface area contributed by atoms with Crippen LogP contribution in [0, 0.1) is 0 Å². The summed E-state index contributed by atoms with van der Waals surface area (Å²) in [5.41, 5.74) is 1.52. The van der Waals surface area contributed by atoms with Gasteiger partial charge in [-0.2, -0.15) is 0 Å². The molecule has 0 amide bonds. The summed E-state index contributed by atoms with van der Waals surface area (Å²) < 4.78 is 5.52. The lowest BCUT2D eigenvalue weighted by molar-refractivity contribution is 0.342. The molecule has 5 heteroatoms. The highest BCUT2D eigenvalue weighted by atomic mass is 32.1. The topological polar surface area (TPSA) is 53.5 Å². The van der Waals surface area contributed by atoms with E-state index in [4.69, 9.17) is 17.0 Å². The molecule has 3 N–H and O–H groups in total. The molecule has 2 rings (SSSR count). The van der Waals surface area contributed by atoms with Crippen molar-refractivity contribution in [2.45, 2.75) is 6.92 Å². The third-order valence-corrected chi connectivity index (χ3v) is 2.74. The van der Waals surface area contributed by atoms with Gasteiger partial charge < -0.3 is 20.5 Å². The van der Waals surface area contributed by atoms with Gasteiger partial charge in [-0.1, -0.05) is 18.2 Å². The molecule has 2 aromatic rings. The minimum Gasteiger partial charge on any atom is -0.508 e. The molecule has 0 radical (unpaired) electrons. The number of benzene rings is 2. The number of phenolic OH excluding ortho intramolecular Hbond substituents is 1. The zero-order chi connectivity index (χ0) is 14.4. The molecular formula is C15H16N2O2S. The molecule has 0 aliphatic rings. The second-order valence-electron chi connectivity index (χ2n) is 4.06. The van der Waals surface area contributed by atoms with Gasteiger partial charge in [0.1, 0.15) is 11.5 Å². The molecule has 0 spiro atoms. The van der Waals surface area contributed by atoms with Crippen molar-refractivity contribution >= 4 is 28.7 Å². The van der Waals surface area contributed by atoms with Gasteiger partial charge in [-0.05, 0) is 43.4 Å². The summed E-state index contributed by atoms with van der Waals surface area (Å²) in [6.45, 7) is 2.52. The van der Waals surface area contributed by atoms with Crippen molar-refractivity contribution in [1.82, 2.24) is 0 Å². The molecule has 0 heterocycles. The number of rotatable bonds is 4. The largest absolute Gasteiger partial charge is 0.508 e. The maximum Gasteiger partial charge on any atom is 0.175 e. The van der Waals surface area contributed by atoms with Gasteiger partial charge >= 0.3 is 0 Å². The summed E-state index contributed by atoms with van der Waals surface area (Å²) >= 11 is 5.25. The molecule has 0 saturated carbocycles. The Morgan fingerprint density at radius 2 is 1.95 bits per heavy atom. The van der Waals surface area contributed by atoms with Crippen LogP contribution in [0.3, 0.4) is 0 Å². The van der Waals surface area contributed by atoms with E-state index < -0.39 is 0 Å². The standard InChI is InChI=1S/C15H16N2O2S/c1-2-19-14-9-4-3-8-13(14)17-15(20)16-11-6-5-7-12(18)10-11/h3-10,18H,2H2,1H3,(H2,16,17,20). The summed E-state index contributed by atoms with van der Waals surface area (Å²) in [4.78, 5) is 0. The smallest absolute Gasteiger partial charge is 0.175 e. The lowest BCUT2D eigenvalue weighted by Gasteiger charge is -2.14. The van der Waals surface area contributed by atoms with E-state index >= 15 is 0 Å². The van der Waals surface area contributed by atoms with Crippen LogP contribution in [0.25, 0.3) is 0 Å². The average Bonchev–Trinajstić information content (AvgIpc) is 2.41. The SMILES string of the molecule is CCOc1ccccc1NC(=S)Nc1cccc(O)c1. The molecular weight excluding hydrogens is 272 g/mol. The van der Waals surface area contributed by atoms with Crippen LogP contribution in [0.4, 0.5) is 11.4 Å². The van der Waals surface area contributed by atoms with Gasteiger partial charge in [-0.3, -0.25) is 0 Å². The molecule has 0 aliphatic carbocycles. The van der Waals surface area contributed by atoms with Gasteiger partial charge in [-0.25, -0.2) is 0 Å². The van der Waals surface area contributed by atoms with Crippen LogP contribution in [0.15, 0.2) is 48.5 Å². The highest BCUT2D eigenvalue weighted by Crippen LogP contribution is 2.24. The Kier molecular flexibility index (Phi) is 4.79. The van der Waals surface area contributed by atoms with E-state index in [0.717, 1.165) is 17.1 Å². The Morgan fingerprint density at radius 3 is 2.70 bits per heavy atom. The van der Waals surface area contributed by atoms with Crippen LogP contribution in [0.2, 0.25) is 0 Å². The first-order chi connectivity index (χ1) is 9.69. The molecule has 0 aromatic heterocycles. The highest BCUT2D eigenvalue weighted by Gasteiger charge is 2.04. The van der Waals surface area contributed by atoms with Gasteiger partial charge in [0, 0.05) is 11.8 Å².